The van der Waals surface area contributed by atoms with Gasteiger partial charge in [-0.3, -0.25) is 0 Å². The van der Waals surface area contributed by atoms with Gasteiger partial charge < -0.3 is 19.3 Å². The van der Waals surface area contributed by atoms with Gasteiger partial charge in [-0.25, -0.2) is 4.79 Å². The van der Waals surface area contributed by atoms with Gasteiger partial charge in [-0.15, -0.1) is 0 Å². The summed E-state index contributed by atoms with van der Waals surface area (Å²) in [5.74, 6) is -0.187. The van der Waals surface area contributed by atoms with Crippen molar-refractivity contribution in [3.05, 3.63) is 23.3 Å². The molecular weight excluding hydrogens is 200 g/mol. The van der Waals surface area contributed by atoms with Crippen molar-refractivity contribution in [2.75, 3.05) is 13.9 Å². The molecule has 0 fully saturated rings. The van der Waals surface area contributed by atoms with E-state index in [0.29, 0.717) is 17.1 Å². The van der Waals surface area contributed by atoms with E-state index in [1.54, 1.807) is 12.1 Å². The first-order valence-electron chi connectivity index (χ1n) is 4.37. The Bertz CT molecular complexity index is 399. The summed E-state index contributed by atoms with van der Waals surface area (Å²) in [4.78, 5) is 11.1. The second-order valence-electron chi connectivity index (χ2n) is 3.04. The van der Waals surface area contributed by atoms with Crippen LogP contribution in [0.15, 0.2) is 12.1 Å². The molecule has 1 heterocycles. The van der Waals surface area contributed by atoms with E-state index < -0.39 is 5.97 Å². The Labute approximate surface area is 86.2 Å². The van der Waals surface area contributed by atoms with Crippen molar-refractivity contribution in [1.82, 2.24) is 0 Å². The van der Waals surface area contributed by atoms with Gasteiger partial charge in [-0.05, 0) is 12.1 Å². The lowest BCUT2D eigenvalue weighted by molar-refractivity contribution is -0.0172. The Morgan fingerprint density at radius 1 is 1.53 bits per heavy atom. The molecular formula is C10H10O5. The van der Waals surface area contributed by atoms with Crippen molar-refractivity contribution in [2.45, 2.75) is 6.61 Å². The van der Waals surface area contributed by atoms with Crippen LogP contribution in [-0.4, -0.2) is 25.0 Å². The van der Waals surface area contributed by atoms with E-state index in [1.807, 2.05) is 0 Å². The quantitative estimate of drug-likeness (QED) is 0.796. The number of carboxylic acids is 1. The fourth-order valence-electron chi connectivity index (χ4n) is 1.54. The van der Waals surface area contributed by atoms with Gasteiger partial charge in [0.25, 0.3) is 0 Å². The molecule has 5 heteroatoms. The molecule has 0 radical (unpaired) electrons. The molecule has 1 aromatic carbocycles. The predicted octanol–water partition coefficient (Wildman–Crippen LogP) is 1.26. The average Bonchev–Trinajstić information content (AvgIpc) is 2.27. The molecule has 0 saturated heterocycles. The summed E-state index contributed by atoms with van der Waals surface area (Å²) >= 11 is 0. The molecule has 15 heavy (non-hydrogen) atoms. The average molecular weight is 210 g/mol. The monoisotopic (exact) mass is 210 g/mol. The molecule has 0 atom stereocenters. The lowest BCUT2D eigenvalue weighted by atomic mass is 10.1. The molecule has 2 rings (SSSR count). The molecule has 0 saturated carbocycles. The maximum atomic E-state index is 11.1. The molecule has 0 aliphatic carbocycles. The molecule has 0 aromatic heterocycles. The SMILES string of the molecule is COc1ccc2c(c1C(=O)O)COCO2. The molecule has 1 aliphatic heterocycles. The topological polar surface area (TPSA) is 65.0 Å². The van der Waals surface area contributed by atoms with E-state index in [1.165, 1.54) is 7.11 Å². The molecule has 1 aliphatic rings. The van der Waals surface area contributed by atoms with Crippen LogP contribution >= 0.6 is 0 Å². The summed E-state index contributed by atoms with van der Waals surface area (Å²) in [6, 6.07) is 3.26. The standard InChI is InChI=1S/C10H10O5/c1-13-8-3-2-7-6(4-14-5-15-7)9(8)10(11)12/h2-3H,4-5H2,1H3,(H,11,12). The van der Waals surface area contributed by atoms with E-state index in [0.717, 1.165) is 0 Å². The number of carbonyl (C=O) groups is 1. The lowest BCUT2D eigenvalue weighted by Crippen LogP contribution is -2.16. The first-order valence-corrected chi connectivity index (χ1v) is 4.37. The van der Waals surface area contributed by atoms with Crippen LogP contribution in [0.1, 0.15) is 15.9 Å². The van der Waals surface area contributed by atoms with Crippen molar-refractivity contribution >= 4 is 5.97 Å². The summed E-state index contributed by atoms with van der Waals surface area (Å²) < 4.78 is 15.2. The van der Waals surface area contributed by atoms with E-state index in [9.17, 15) is 4.79 Å². The molecule has 0 amide bonds. The molecule has 1 aromatic rings. The molecule has 0 bridgehead atoms. The predicted molar refractivity (Wildman–Crippen MR) is 50.2 cm³/mol. The van der Waals surface area contributed by atoms with Crippen molar-refractivity contribution in [3.63, 3.8) is 0 Å². The van der Waals surface area contributed by atoms with Crippen LogP contribution in [0, 0.1) is 0 Å². The highest BCUT2D eigenvalue weighted by Crippen LogP contribution is 2.33. The van der Waals surface area contributed by atoms with Gasteiger partial charge >= 0.3 is 5.97 Å². The van der Waals surface area contributed by atoms with E-state index in [4.69, 9.17) is 19.3 Å². The minimum atomic E-state index is -1.04. The highest BCUT2D eigenvalue weighted by Gasteiger charge is 2.23. The van der Waals surface area contributed by atoms with Gasteiger partial charge in [0, 0.05) is 5.56 Å². The lowest BCUT2D eigenvalue weighted by Gasteiger charge is -2.20. The van der Waals surface area contributed by atoms with E-state index in [2.05, 4.69) is 0 Å². The van der Waals surface area contributed by atoms with Crippen molar-refractivity contribution in [2.24, 2.45) is 0 Å². The Balaban J connectivity index is 2.59. The van der Waals surface area contributed by atoms with Crippen LogP contribution in [0.4, 0.5) is 0 Å². The third kappa shape index (κ3) is 1.61. The first kappa shape index (κ1) is 9.79. The number of hydrogen-bond donors (Lipinski definition) is 1. The number of aromatic carboxylic acids is 1. The summed E-state index contributed by atoms with van der Waals surface area (Å²) in [6.45, 7) is 0.382. The highest BCUT2D eigenvalue weighted by atomic mass is 16.7. The van der Waals surface area contributed by atoms with Crippen molar-refractivity contribution in [3.8, 4) is 11.5 Å². The number of rotatable bonds is 2. The molecule has 80 valence electrons. The zero-order chi connectivity index (χ0) is 10.8. The maximum Gasteiger partial charge on any atom is 0.339 e. The largest absolute Gasteiger partial charge is 0.496 e. The Kier molecular flexibility index (Phi) is 2.47. The summed E-state index contributed by atoms with van der Waals surface area (Å²) in [6.07, 6.45) is 0. The second-order valence-corrected chi connectivity index (χ2v) is 3.04. The van der Waals surface area contributed by atoms with Crippen molar-refractivity contribution < 1.29 is 24.1 Å². The van der Waals surface area contributed by atoms with E-state index in [-0.39, 0.29) is 19.0 Å². The summed E-state index contributed by atoms with van der Waals surface area (Å²) in [5.41, 5.74) is 0.628. The third-order valence-corrected chi connectivity index (χ3v) is 2.21. The first-order chi connectivity index (χ1) is 7.24. The third-order valence-electron chi connectivity index (χ3n) is 2.21. The van der Waals surface area contributed by atoms with Gasteiger partial charge in [-0.1, -0.05) is 0 Å². The van der Waals surface area contributed by atoms with Crippen LogP contribution < -0.4 is 9.47 Å². The van der Waals surface area contributed by atoms with Gasteiger partial charge in [0.15, 0.2) is 6.79 Å². The minimum Gasteiger partial charge on any atom is -0.496 e. The fraction of sp³-hybridized carbons (Fsp3) is 0.300. The zero-order valence-electron chi connectivity index (χ0n) is 8.15. The molecule has 0 unspecified atom stereocenters. The highest BCUT2D eigenvalue weighted by molar-refractivity contribution is 5.93. The summed E-state index contributed by atoms with van der Waals surface area (Å²) in [7, 11) is 1.43. The van der Waals surface area contributed by atoms with Gasteiger partial charge in [-0.2, -0.15) is 0 Å². The fourth-order valence-corrected chi connectivity index (χ4v) is 1.54. The Morgan fingerprint density at radius 2 is 2.33 bits per heavy atom. The van der Waals surface area contributed by atoms with E-state index >= 15 is 0 Å². The van der Waals surface area contributed by atoms with Gasteiger partial charge in [0.1, 0.15) is 17.1 Å². The molecule has 1 N–H and O–H groups in total. The molecule has 0 spiro atoms. The summed E-state index contributed by atoms with van der Waals surface area (Å²) in [5, 5.41) is 9.06. The Morgan fingerprint density at radius 3 is 3.00 bits per heavy atom. The number of carboxylic acid groups (broad SMARTS) is 1. The number of fused-ring (bicyclic) bond motifs is 1. The normalized spacial score (nSPS) is 13.9. The minimum absolute atomic E-state index is 0.106. The number of benzene rings is 1. The number of hydrogen-bond acceptors (Lipinski definition) is 4. The Hall–Kier alpha value is -1.75. The van der Waals surface area contributed by atoms with Gasteiger partial charge in [0.2, 0.25) is 0 Å². The van der Waals surface area contributed by atoms with Crippen molar-refractivity contribution in [1.29, 1.82) is 0 Å². The number of ether oxygens (including phenoxy) is 3. The smallest absolute Gasteiger partial charge is 0.339 e. The number of methoxy groups -OCH3 is 1. The van der Waals surface area contributed by atoms with Gasteiger partial charge in [0.05, 0.1) is 13.7 Å². The maximum absolute atomic E-state index is 11.1. The van der Waals surface area contributed by atoms with Crippen LogP contribution in [0.3, 0.4) is 0 Å². The van der Waals surface area contributed by atoms with Crippen LogP contribution in [0.5, 0.6) is 11.5 Å². The zero-order valence-corrected chi connectivity index (χ0v) is 8.15. The molecule has 5 nitrogen and oxygen atoms in total. The van der Waals surface area contributed by atoms with Crippen LogP contribution in [0.2, 0.25) is 0 Å². The van der Waals surface area contributed by atoms with Crippen LogP contribution in [0.25, 0.3) is 0 Å². The van der Waals surface area contributed by atoms with Crippen LogP contribution in [-0.2, 0) is 11.3 Å². The second kappa shape index (κ2) is 3.78.